The van der Waals surface area contributed by atoms with Crippen molar-refractivity contribution in [3.8, 4) is 11.4 Å². The van der Waals surface area contributed by atoms with Crippen molar-refractivity contribution in [1.82, 2.24) is 9.55 Å². The van der Waals surface area contributed by atoms with Crippen LogP contribution in [0.4, 0.5) is 5.69 Å². The molecule has 0 unspecified atom stereocenters. The van der Waals surface area contributed by atoms with Gasteiger partial charge in [-0.3, -0.25) is 4.79 Å². The fourth-order valence-electron chi connectivity index (χ4n) is 2.70. The van der Waals surface area contributed by atoms with Crippen molar-refractivity contribution in [3.05, 3.63) is 72.1 Å². The Morgan fingerprint density at radius 3 is 2.62 bits per heavy atom. The van der Waals surface area contributed by atoms with Crippen molar-refractivity contribution in [2.75, 3.05) is 12.4 Å². The first kappa shape index (κ1) is 17.4. The fourth-order valence-corrected chi connectivity index (χ4v) is 2.70. The van der Waals surface area contributed by atoms with Crippen LogP contribution in [0.5, 0.6) is 0 Å². The zero-order chi connectivity index (χ0) is 18.5. The van der Waals surface area contributed by atoms with Gasteiger partial charge < -0.3 is 14.6 Å². The number of imidazole rings is 1. The van der Waals surface area contributed by atoms with Gasteiger partial charge in [0.15, 0.2) is 0 Å². The number of ether oxygens (including phenoxy) is 1. The van der Waals surface area contributed by atoms with Crippen LogP contribution in [-0.2, 0) is 16.1 Å². The lowest BCUT2D eigenvalue weighted by molar-refractivity contribution is -0.114. The number of anilines is 1. The van der Waals surface area contributed by atoms with Gasteiger partial charge >= 0.3 is 5.97 Å². The predicted molar refractivity (Wildman–Crippen MR) is 98.9 cm³/mol. The van der Waals surface area contributed by atoms with Crippen LogP contribution in [0.3, 0.4) is 0 Å². The number of carbonyl (C=O) groups excluding carboxylic acids is 2. The molecule has 3 aromatic rings. The number of esters is 1. The van der Waals surface area contributed by atoms with Gasteiger partial charge in [-0.1, -0.05) is 24.3 Å². The summed E-state index contributed by atoms with van der Waals surface area (Å²) in [6, 6.07) is 14.8. The molecule has 1 N–H and O–H groups in total. The number of nitrogens with zero attached hydrogens (tertiary/aromatic N) is 2. The molecular formula is C20H19N3O3. The summed E-state index contributed by atoms with van der Waals surface area (Å²) in [5.41, 5.74) is 3.19. The summed E-state index contributed by atoms with van der Waals surface area (Å²) < 4.78 is 6.73. The van der Waals surface area contributed by atoms with Crippen LogP contribution in [0, 0.1) is 0 Å². The maximum Gasteiger partial charge on any atom is 0.337 e. The van der Waals surface area contributed by atoms with E-state index in [2.05, 4.69) is 10.3 Å². The van der Waals surface area contributed by atoms with E-state index in [-0.39, 0.29) is 11.9 Å². The van der Waals surface area contributed by atoms with E-state index < -0.39 is 0 Å². The molecule has 6 heteroatoms. The van der Waals surface area contributed by atoms with Crippen molar-refractivity contribution >= 4 is 17.6 Å². The molecular weight excluding hydrogens is 330 g/mol. The third-order valence-corrected chi connectivity index (χ3v) is 3.88. The van der Waals surface area contributed by atoms with Crippen molar-refractivity contribution in [2.45, 2.75) is 13.5 Å². The van der Waals surface area contributed by atoms with Gasteiger partial charge in [0, 0.05) is 37.1 Å². The molecule has 0 fully saturated rings. The molecule has 26 heavy (non-hydrogen) atoms. The van der Waals surface area contributed by atoms with Crippen LogP contribution in [0.1, 0.15) is 22.8 Å². The van der Waals surface area contributed by atoms with Crippen molar-refractivity contribution < 1.29 is 14.3 Å². The minimum atomic E-state index is -0.352. The summed E-state index contributed by atoms with van der Waals surface area (Å²) >= 11 is 0. The Hall–Kier alpha value is -3.41. The summed E-state index contributed by atoms with van der Waals surface area (Å²) in [4.78, 5) is 27.2. The Morgan fingerprint density at radius 1 is 1.15 bits per heavy atom. The van der Waals surface area contributed by atoms with Gasteiger partial charge in [-0.2, -0.15) is 0 Å². The highest BCUT2D eigenvalue weighted by Crippen LogP contribution is 2.22. The number of carbonyl (C=O) groups is 2. The predicted octanol–water partition coefficient (Wildman–Crippen LogP) is 3.34. The summed E-state index contributed by atoms with van der Waals surface area (Å²) in [5, 5.41) is 2.78. The number of hydrogen-bond acceptors (Lipinski definition) is 4. The maximum atomic E-state index is 11.5. The summed E-state index contributed by atoms with van der Waals surface area (Å²) in [6.07, 6.45) is 3.64. The van der Waals surface area contributed by atoms with Crippen LogP contribution in [0.15, 0.2) is 60.9 Å². The standard InChI is InChI=1S/C20H19N3O3/c1-14(24)22-18-5-3-4-17(12-18)19-21-10-11-23(19)13-15-6-8-16(9-7-15)20(25)26-2/h3-12H,13H2,1-2H3,(H,22,24). The topological polar surface area (TPSA) is 73.2 Å². The second kappa shape index (κ2) is 7.65. The molecule has 0 aliphatic rings. The summed E-state index contributed by atoms with van der Waals surface area (Å²) in [7, 11) is 1.36. The highest BCUT2D eigenvalue weighted by Gasteiger charge is 2.09. The molecule has 1 aromatic heterocycles. The van der Waals surface area contributed by atoms with E-state index >= 15 is 0 Å². The lowest BCUT2D eigenvalue weighted by Gasteiger charge is -2.10. The number of methoxy groups -OCH3 is 1. The van der Waals surface area contributed by atoms with Gasteiger partial charge in [0.05, 0.1) is 12.7 Å². The average molecular weight is 349 g/mol. The molecule has 0 saturated heterocycles. The third kappa shape index (κ3) is 3.97. The maximum absolute atomic E-state index is 11.5. The van der Waals surface area contributed by atoms with Crippen molar-refractivity contribution in [1.29, 1.82) is 0 Å². The van der Waals surface area contributed by atoms with Crippen LogP contribution < -0.4 is 5.32 Å². The van der Waals surface area contributed by atoms with Crippen LogP contribution in [0.2, 0.25) is 0 Å². The number of hydrogen-bond donors (Lipinski definition) is 1. The lowest BCUT2D eigenvalue weighted by atomic mass is 10.1. The molecule has 0 spiro atoms. The Kier molecular flexibility index (Phi) is 5.12. The smallest absolute Gasteiger partial charge is 0.337 e. The second-order valence-corrected chi connectivity index (χ2v) is 5.83. The zero-order valence-electron chi connectivity index (χ0n) is 14.6. The third-order valence-electron chi connectivity index (χ3n) is 3.88. The molecule has 0 aliphatic heterocycles. The molecule has 0 aliphatic carbocycles. The molecule has 0 radical (unpaired) electrons. The van der Waals surface area contributed by atoms with Gasteiger partial charge in [-0.25, -0.2) is 9.78 Å². The zero-order valence-corrected chi connectivity index (χ0v) is 14.6. The molecule has 0 atom stereocenters. The van der Waals surface area contributed by atoms with Crippen LogP contribution in [0.25, 0.3) is 11.4 Å². The van der Waals surface area contributed by atoms with E-state index in [1.807, 2.05) is 47.2 Å². The average Bonchev–Trinajstić information content (AvgIpc) is 3.09. The SMILES string of the molecule is COC(=O)c1ccc(Cn2ccnc2-c2cccc(NC(C)=O)c2)cc1. The normalized spacial score (nSPS) is 10.4. The highest BCUT2D eigenvalue weighted by molar-refractivity contribution is 5.89. The lowest BCUT2D eigenvalue weighted by Crippen LogP contribution is -2.06. The number of aromatic nitrogens is 2. The minimum absolute atomic E-state index is 0.115. The van der Waals surface area contributed by atoms with Gasteiger partial charge in [0.25, 0.3) is 0 Å². The number of nitrogens with one attached hydrogen (secondary N) is 1. The second-order valence-electron chi connectivity index (χ2n) is 5.83. The van der Waals surface area contributed by atoms with E-state index in [1.165, 1.54) is 14.0 Å². The molecule has 1 heterocycles. The molecule has 132 valence electrons. The van der Waals surface area contributed by atoms with Crippen molar-refractivity contribution in [2.24, 2.45) is 0 Å². The van der Waals surface area contributed by atoms with E-state index in [0.29, 0.717) is 12.1 Å². The van der Waals surface area contributed by atoms with E-state index in [0.717, 1.165) is 22.6 Å². The first-order valence-electron chi connectivity index (χ1n) is 8.13. The first-order chi connectivity index (χ1) is 12.6. The molecule has 0 bridgehead atoms. The van der Waals surface area contributed by atoms with E-state index in [4.69, 9.17) is 4.74 Å². The van der Waals surface area contributed by atoms with Crippen molar-refractivity contribution in [3.63, 3.8) is 0 Å². The summed E-state index contributed by atoms with van der Waals surface area (Å²) in [6.45, 7) is 2.09. The number of benzene rings is 2. The van der Waals surface area contributed by atoms with E-state index in [1.54, 1.807) is 18.3 Å². The highest BCUT2D eigenvalue weighted by atomic mass is 16.5. The monoisotopic (exact) mass is 349 g/mol. The van der Waals surface area contributed by atoms with Crippen LogP contribution in [-0.4, -0.2) is 28.5 Å². The first-order valence-corrected chi connectivity index (χ1v) is 8.13. The Morgan fingerprint density at radius 2 is 1.92 bits per heavy atom. The Labute approximate surface area is 151 Å². The van der Waals surface area contributed by atoms with Gasteiger partial charge in [0.2, 0.25) is 5.91 Å². The van der Waals surface area contributed by atoms with Gasteiger partial charge in [-0.15, -0.1) is 0 Å². The Balaban J connectivity index is 1.83. The minimum Gasteiger partial charge on any atom is -0.465 e. The van der Waals surface area contributed by atoms with Crippen LogP contribution >= 0.6 is 0 Å². The molecule has 1 amide bonds. The molecule has 6 nitrogen and oxygen atoms in total. The molecule has 3 rings (SSSR count). The van der Waals surface area contributed by atoms with E-state index in [9.17, 15) is 9.59 Å². The number of amides is 1. The largest absolute Gasteiger partial charge is 0.465 e. The fraction of sp³-hybridized carbons (Fsp3) is 0.150. The Bertz CT molecular complexity index is 929. The quantitative estimate of drug-likeness (QED) is 0.717. The van der Waals surface area contributed by atoms with Gasteiger partial charge in [-0.05, 0) is 29.8 Å². The molecule has 0 saturated carbocycles. The summed E-state index contributed by atoms with van der Waals surface area (Å²) in [5.74, 6) is 0.333. The van der Waals surface area contributed by atoms with Gasteiger partial charge in [0.1, 0.15) is 5.82 Å². The molecule has 2 aromatic carbocycles. The number of rotatable bonds is 5.